The van der Waals surface area contributed by atoms with Crippen molar-refractivity contribution < 1.29 is 14.6 Å². The number of carbonyl (C=O) groups excluding carboxylic acids is 1. The van der Waals surface area contributed by atoms with E-state index in [2.05, 4.69) is 48.7 Å². The van der Waals surface area contributed by atoms with Crippen molar-refractivity contribution in [2.45, 2.75) is 47.0 Å². The first kappa shape index (κ1) is 26.9. The summed E-state index contributed by atoms with van der Waals surface area (Å²) in [4.78, 5) is 19.5. The number of anilines is 1. The molecular weight excluding hydrogens is 607 g/mol. The molecule has 0 saturated heterocycles. The molecule has 0 unspecified atom stereocenters. The number of aliphatic imine (C=N–C) groups is 1. The smallest absolute Gasteiger partial charge is 0.259 e. The van der Waals surface area contributed by atoms with Gasteiger partial charge in [-0.05, 0) is 108 Å². The summed E-state index contributed by atoms with van der Waals surface area (Å²) in [5, 5.41) is 14.6. The number of benzene rings is 2. The molecule has 190 valence electrons. The Bertz CT molecular complexity index is 1300. The zero-order valence-corrected chi connectivity index (χ0v) is 24.6. The molecule has 1 aromatic heterocycles. The van der Waals surface area contributed by atoms with E-state index in [1.165, 1.54) is 4.88 Å². The topological polar surface area (TPSA) is 70.9 Å². The van der Waals surface area contributed by atoms with Crippen LogP contribution in [0.2, 0.25) is 5.02 Å². The zero-order valence-electron chi connectivity index (χ0n) is 20.8. The van der Waals surface area contributed by atoms with Crippen molar-refractivity contribution in [3.8, 4) is 11.5 Å². The van der Waals surface area contributed by atoms with Gasteiger partial charge in [-0.1, -0.05) is 32.4 Å². The van der Waals surface area contributed by atoms with Crippen LogP contribution in [-0.2, 0) is 12.8 Å². The Morgan fingerprint density at radius 2 is 2.03 bits per heavy atom. The van der Waals surface area contributed by atoms with Crippen molar-refractivity contribution in [1.29, 1.82) is 0 Å². The molecule has 0 aliphatic heterocycles. The Kier molecular flexibility index (Phi) is 8.32. The van der Waals surface area contributed by atoms with Gasteiger partial charge in [-0.25, -0.2) is 4.99 Å². The molecule has 1 aliphatic rings. The summed E-state index contributed by atoms with van der Waals surface area (Å²) in [6, 6.07) is 10.7. The van der Waals surface area contributed by atoms with Gasteiger partial charge >= 0.3 is 0 Å². The van der Waals surface area contributed by atoms with Gasteiger partial charge in [-0.3, -0.25) is 4.79 Å². The number of phenolic OH excluding ortho intramolecular Hbond substituents is 1. The number of amides is 1. The lowest BCUT2D eigenvalue weighted by Gasteiger charge is -2.33. The molecular formula is C28H30ClIN2O3S. The maximum atomic E-state index is 13.5. The second kappa shape index (κ2) is 11.1. The van der Waals surface area contributed by atoms with Crippen LogP contribution in [0, 0.1) is 14.9 Å². The first-order valence-electron chi connectivity index (χ1n) is 12.0. The number of aromatic hydroxyl groups is 1. The van der Waals surface area contributed by atoms with Gasteiger partial charge in [0.2, 0.25) is 0 Å². The number of thiophene rings is 1. The highest BCUT2D eigenvalue weighted by Gasteiger charge is 2.33. The molecule has 8 heteroatoms. The van der Waals surface area contributed by atoms with Crippen molar-refractivity contribution >= 4 is 68.3 Å². The molecule has 4 rings (SSSR count). The summed E-state index contributed by atoms with van der Waals surface area (Å²) in [5.41, 5.74) is 3.44. The minimum Gasteiger partial charge on any atom is -0.504 e. The largest absolute Gasteiger partial charge is 0.504 e. The molecule has 0 fully saturated rings. The average molecular weight is 637 g/mol. The van der Waals surface area contributed by atoms with E-state index >= 15 is 0 Å². The lowest BCUT2D eigenvalue weighted by atomic mass is 9.72. The van der Waals surface area contributed by atoms with Crippen LogP contribution in [-0.4, -0.2) is 23.8 Å². The molecule has 36 heavy (non-hydrogen) atoms. The standard InChI is InChI=1S/C28H30ClIN2O3S/c1-5-35-22-13-16(12-21(30)25(22)33)15-31-27-24(26(34)32-19-9-7-18(29)8-10-19)20-11-6-17(28(2,3)4)14-23(20)36-27/h7-10,12-13,15,17,33H,5-6,11,14H2,1-4H3,(H,32,34)/t17-/m0/s1. The Morgan fingerprint density at radius 1 is 1.31 bits per heavy atom. The van der Waals surface area contributed by atoms with Crippen molar-refractivity contribution in [2.24, 2.45) is 16.3 Å². The molecule has 1 atom stereocenters. The number of hydrogen-bond donors (Lipinski definition) is 2. The maximum absolute atomic E-state index is 13.5. The van der Waals surface area contributed by atoms with Crippen LogP contribution in [0.4, 0.5) is 10.7 Å². The highest BCUT2D eigenvalue weighted by molar-refractivity contribution is 14.1. The fourth-order valence-corrected chi connectivity index (χ4v) is 6.45. The Labute approximate surface area is 235 Å². The molecule has 5 nitrogen and oxygen atoms in total. The minimum atomic E-state index is -0.161. The maximum Gasteiger partial charge on any atom is 0.259 e. The van der Waals surface area contributed by atoms with Gasteiger partial charge in [0, 0.05) is 21.8 Å². The Hall–Kier alpha value is -2.10. The van der Waals surface area contributed by atoms with Crippen LogP contribution >= 0.6 is 45.5 Å². The minimum absolute atomic E-state index is 0.123. The van der Waals surface area contributed by atoms with E-state index in [9.17, 15) is 9.90 Å². The van der Waals surface area contributed by atoms with E-state index in [0.29, 0.717) is 43.1 Å². The summed E-state index contributed by atoms with van der Waals surface area (Å²) in [7, 11) is 0. The molecule has 1 heterocycles. The van der Waals surface area contributed by atoms with Gasteiger partial charge in [0.05, 0.1) is 15.7 Å². The first-order chi connectivity index (χ1) is 17.1. The van der Waals surface area contributed by atoms with Crippen molar-refractivity contribution in [1.82, 2.24) is 0 Å². The predicted molar refractivity (Wildman–Crippen MR) is 158 cm³/mol. The van der Waals surface area contributed by atoms with E-state index < -0.39 is 0 Å². The number of hydrogen-bond acceptors (Lipinski definition) is 5. The first-order valence-corrected chi connectivity index (χ1v) is 14.2. The zero-order chi connectivity index (χ0) is 26.0. The molecule has 0 bridgehead atoms. The van der Waals surface area contributed by atoms with Gasteiger partial charge in [-0.2, -0.15) is 0 Å². The number of nitrogens with one attached hydrogen (secondary N) is 1. The Morgan fingerprint density at radius 3 is 2.69 bits per heavy atom. The predicted octanol–water partition coefficient (Wildman–Crippen LogP) is 8.26. The summed E-state index contributed by atoms with van der Waals surface area (Å²) < 4.78 is 6.25. The van der Waals surface area contributed by atoms with Crippen LogP contribution in [0.3, 0.4) is 0 Å². The highest BCUT2D eigenvalue weighted by Crippen LogP contribution is 2.45. The molecule has 0 radical (unpaired) electrons. The monoisotopic (exact) mass is 636 g/mol. The van der Waals surface area contributed by atoms with Crippen molar-refractivity contribution in [2.75, 3.05) is 11.9 Å². The van der Waals surface area contributed by atoms with Crippen molar-refractivity contribution in [3.63, 3.8) is 0 Å². The van der Waals surface area contributed by atoms with Gasteiger partial charge in [0.15, 0.2) is 11.5 Å². The molecule has 1 aliphatic carbocycles. The molecule has 2 aromatic carbocycles. The third-order valence-corrected chi connectivity index (χ3v) is 8.72. The quantitative estimate of drug-likeness (QED) is 0.211. The lowest BCUT2D eigenvalue weighted by molar-refractivity contribution is 0.102. The van der Waals surface area contributed by atoms with Crippen LogP contribution < -0.4 is 10.1 Å². The molecule has 3 aromatic rings. The second-order valence-electron chi connectivity index (χ2n) is 9.99. The SMILES string of the molecule is CCOc1cc(C=Nc2sc3c(c2C(=O)Nc2ccc(Cl)cc2)CC[C@H](C(C)(C)C)C3)cc(I)c1O. The normalized spacial score (nSPS) is 15.7. The van der Waals surface area contributed by atoms with Gasteiger partial charge < -0.3 is 15.2 Å². The fraction of sp³-hybridized carbons (Fsp3) is 0.357. The van der Waals surface area contributed by atoms with Crippen LogP contribution in [0.15, 0.2) is 41.4 Å². The summed E-state index contributed by atoms with van der Waals surface area (Å²) in [6.07, 6.45) is 4.59. The van der Waals surface area contributed by atoms with E-state index in [4.69, 9.17) is 21.3 Å². The van der Waals surface area contributed by atoms with E-state index in [1.807, 2.05) is 13.0 Å². The lowest BCUT2D eigenvalue weighted by Crippen LogP contribution is -2.27. The number of carbonyl (C=O) groups is 1. The number of fused-ring (bicyclic) bond motifs is 1. The van der Waals surface area contributed by atoms with Gasteiger partial charge in [-0.15, -0.1) is 11.3 Å². The Balaban J connectivity index is 1.72. The van der Waals surface area contributed by atoms with Crippen LogP contribution in [0.1, 0.15) is 60.5 Å². The number of halogens is 2. The second-order valence-corrected chi connectivity index (χ2v) is 12.7. The number of phenols is 1. The summed E-state index contributed by atoms with van der Waals surface area (Å²) >= 11 is 9.69. The number of ether oxygens (including phenoxy) is 1. The molecule has 0 saturated carbocycles. The average Bonchev–Trinajstić information content (AvgIpc) is 3.19. The molecule has 1 amide bonds. The summed E-state index contributed by atoms with van der Waals surface area (Å²) in [6.45, 7) is 9.18. The van der Waals surface area contributed by atoms with Crippen LogP contribution in [0.25, 0.3) is 0 Å². The highest BCUT2D eigenvalue weighted by atomic mass is 127. The van der Waals surface area contributed by atoms with Gasteiger partial charge in [0.1, 0.15) is 5.00 Å². The third-order valence-electron chi connectivity index (χ3n) is 6.48. The van der Waals surface area contributed by atoms with Gasteiger partial charge in [0.25, 0.3) is 5.91 Å². The fourth-order valence-electron chi connectivity index (χ4n) is 4.43. The van der Waals surface area contributed by atoms with E-state index in [1.54, 1.807) is 47.9 Å². The third kappa shape index (κ3) is 6.06. The van der Waals surface area contributed by atoms with Crippen molar-refractivity contribution in [3.05, 3.63) is 66.6 Å². The van der Waals surface area contributed by atoms with Crippen LogP contribution in [0.5, 0.6) is 11.5 Å². The molecule has 2 N–H and O–H groups in total. The molecule has 0 spiro atoms. The number of rotatable bonds is 6. The summed E-state index contributed by atoms with van der Waals surface area (Å²) in [5.74, 6) is 0.939. The van der Waals surface area contributed by atoms with E-state index in [0.717, 1.165) is 30.4 Å². The number of nitrogens with zero attached hydrogens (tertiary/aromatic N) is 1. The van der Waals surface area contributed by atoms with E-state index in [-0.39, 0.29) is 17.1 Å².